The maximum Gasteiger partial charge on any atom is 0.219 e. The molecule has 3 heteroatoms. The van der Waals surface area contributed by atoms with E-state index in [-0.39, 0.29) is 11.3 Å². The largest absolute Gasteiger partial charge is 0.496 e. The van der Waals surface area contributed by atoms with Crippen molar-refractivity contribution in [2.45, 2.75) is 46.0 Å². The number of carbonyl (C=O) groups is 1. The van der Waals surface area contributed by atoms with Gasteiger partial charge in [0.25, 0.3) is 0 Å². The number of amides is 1. The Balaban J connectivity index is 2.78. The molecule has 0 unspecified atom stereocenters. The Bertz CT molecular complexity index is 433. The van der Waals surface area contributed by atoms with Crippen molar-refractivity contribution in [3.05, 3.63) is 29.3 Å². The highest BCUT2D eigenvalue weighted by molar-refractivity contribution is 5.75. The summed E-state index contributed by atoms with van der Waals surface area (Å²) in [6, 6.07) is 6.25. The lowest BCUT2D eigenvalue weighted by Crippen LogP contribution is -2.24. The van der Waals surface area contributed by atoms with Gasteiger partial charge in [-0.15, -0.1) is 0 Å². The van der Waals surface area contributed by atoms with Crippen molar-refractivity contribution < 1.29 is 9.53 Å². The van der Waals surface area contributed by atoms with E-state index in [1.807, 2.05) is 13.0 Å². The topological polar surface area (TPSA) is 38.3 Å². The summed E-state index contributed by atoms with van der Waals surface area (Å²) < 4.78 is 5.42. The molecule has 0 aromatic heterocycles. The minimum Gasteiger partial charge on any atom is -0.496 e. The highest BCUT2D eigenvalue weighted by atomic mass is 16.5. The van der Waals surface area contributed by atoms with Crippen molar-refractivity contribution in [3.63, 3.8) is 0 Å². The molecule has 0 bridgehead atoms. The summed E-state index contributed by atoms with van der Waals surface area (Å²) in [4.78, 5) is 11.2. The van der Waals surface area contributed by atoms with Gasteiger partial charge in [0, 0.05) is 13.0 Å². The van der Waals surface area contributed by atoms with E-state index < -0.39 is 0 Å². The lowest BCUT2D eigenvalue weighted by Gasteiger charge is -2.23. The van der Waals surface area contributed by atoms with Crippen LogP contribution in [-0.4, -0.2) is 19.6 Å². The molecule has 1 N–H and O–H groups in total. The number of carbonyl (C=O) groups excluding carboxylic acids is 1. The SMILES string of the molecule is CCC(=O)NCCc1ccc(OC)c(C(C)(C)C)c1. The van der Waals surface area contributed by atoms with Gasteiger partial charge in [0.2, 0.25) is 5.91 Å². The van der Waals surface area contributed by atoms with Crippen LogP contribution in [0.5, 0.6) is 5.75 Å². The predicted molar refractivity (Wildman–Crippen MR) is 78.7 cm³/mol. The van der Waals surface area contributed by atoms with Crippen molar-refractivity contribution in [1.82, 2.24) is 5.32 Å². The Labute approximate surface area is 116 Å². The molecule has 0 fully saturated rings. The molecule has 0 aliphatic heterocycles. The lowest BCUT2D eigenvalue weighted by atomic mass is 9.85. The van der Waals surface area contributed by atoms with Crippen molar-refractivity contribution >= 4 is 5.91 Å². The van der Waals surface area contributed by atoms with E-state index in [2.05, 4.69) is 38.2 Å². The zero-order chi connectivity index (χ0) is 14.5. The first-order valence-electron chi connectivity index (χ1n) is 6.82. The molecular formula is C16H25NO2. The summed E-state index contributed by atoms with van der Waals surface area (Å²) in [6.07, 6.45) is 1.38. The number of benzene rings is 1. The van der Waals surface area contributed by atoms with Crippen molar-refractivity contribution in [1.29, 1.82) is 0 Å². The second-order valence-corrected chi connectivity index (χ2v) is 5.74. The number of hydrogen-bond donors (Lipinski definition) is 1. The number of nitrogens with one attached hydrogen (secondary N) is 1. The van der Waals surface area contributed by atoms with Crippen molar-refractivity contribution in [3.8, 4) is 5.75 Å². The molecule has 0 radical (unpaired) electrons. The molecule has 1 aromatic rings. The first kappa shape index (κ1) is 15.5. The molecule has 0 heterocycles. The van der Waals surface area contributed by atoms with Gasteiger partial charge in [-0.1, -0.05) is 39.8 Å². The van der Waals surface area contributed by atoms with Crippen LogP contribution in [0.25, 0.3) is 0 Å². The fourth-order valence-corrected chi connectivity index (χ4v) is 1.97. The van der Waals surface area contributed by atoms with Gasteiger partial charge < -0.3 is 10.1 Å². The van der Waals surface area contributed by atoms with Crippen LogP contribution in [0.15, 0.2) is 18.2 Å². The summed E-state index contributed by atoms with van der Waals surface area (Å²) in [6.45, 7) is 9.07. The third-order valence-electron chi connectivity index (χ3n) is 3.13. The van der Waals surface area contributed by atoms with Gasteiger partial charge in [-0.05, 0) is 29.0 Å². The molecule has 0 saturated carbocycles. The van der Waals surface area contributed by atoms with Crippen LogP contribution in [0, 0.1) is 0 Å². The summed E-state index contributed by atoms with van der Waals surface area (Å²) in [7, 11) is 1.70. The van der Waals surface area contributed by atoms with E-state index >= 15 is 0 Å². The second kappa shape index (κ2) is 6.60. The standard InChI is InChI=1S/C16H25NO2/c1-6-15(18)17-10-9-12-7-8-14(19-5)13(11-12)16(2,3)4/h7-8,11H,6,9-10H2,1-5H3,(H,17,18). The van der Waals surface area contributed by atoms with E-state index in [9.17, 15) is 4.79 Å². The Kier molecular flexibility index (Phi) is 5.40. The summed E-state index contributed by atoms with van der Waals surface area (Å²) >= 11 is 0. The van der Waals surface area contributed by atoms with Gasteiger partial charge in [-0.25, -0.2) is 0 Å². The fraction of sp³-hybridized carbons (Fsp3) is 0.562. The molecule has 3 nitrogen and oxygen atoms in total. The maximum atomic E-state index is 11.2. The highest BCUT2D eigenvalue weighted by Crippen LogP contribution is 2.32. The summed E-state index contributed by atoms with van der Waals surface area (Å²) in [5, 5.41) is 2.90. The second-order valence-electron chi connectivity index (χ2n) is 5.74. The van der Waals surface area contributed by atoms with Crippen LogP contribution in [0.4, 0.5) is 0 Å². The van der Waals surface area contributed by atoms with E-state index in [1.165, 1.54) is 11.1 Å². The smallest absolute Gasteiger partial charge is 0.219 e. The Morgan fingerprint density at radius 3 is 2.53 bits per heavy atom. The van der Waals surface area contributed by atoms with Crippen LogP contribution in [-0.2, 0) is 16.6 Å². The van der Waals surface area contributed by atoms with Crippen molar-refractivity contribution in [2.24, 2.45) is 0 Å². The molecule has 0 aliphatic carbocycles. The number of methoxy groups -OCH3 is 1. The molecule has 0 aliphatic rings. The van der Waals surface area contributed by atoms with Gasteiger partial charge in [0.1, 0.15) is 5.75 Å². The summed E-state index contributed by atoms with van der Waals surface area (Å²) in [5.41, 5.74) is 2.48. The molecule has 19 heavy (non-hydrogen) atoms. The first-order chi connectivity index (χ1) is 8.88. The predicted octanol–water partition coefficient (Wildman–Crippen LogP) is 3.06. The molecule has 1 amide bonds. The molecule has 106 valence electrons. The van der Waals surface area contributed by atoms with Crippen LogP contribution >= 0.6 is 0 Å². The number of rotatable bonds is 5. The van der Waals surface area contributed by atoms with Crippen LogP contribution in [0.2, 0.25) is 0 Å². The Hall–Kier alpha value is -1.51. The average Bonchev–Trinajstić information content (AvgIpc) is 2.37. The average molecular weight is 263 g/mol. The third kappa shape index (κ3) is 4.58. The normalized spacial score (nSPS) is 11.2. The minimum absolute atomic E-state index is 0.0496. The monoisotopic (exact) mass is 263 g/mol. The van der Waals surface area contributed by atoms with E-state index in [1.54, 1.807) is 7.11 Å². The van der Waals surface area contributed by atoms with Gasteiger partial charge in [0.15, 0.2) is 0 Å². The van der Waals surface area contributed by atoms with Crippen LogP contribution in [0.1, 0.15) is 45.2 Å². The highest BCUT2D eigenvalue weighted by Gasteiger charge is 2.19. The first-order valence-corrected chi connectivity index (χ1v) is 6.82. The third-order valence-corrected chi connectivity index (χ3v) is 3.13. The fourth-order valence-electron chi connectivity index (χ4n) is 1.97. The number of ether oxygens (including phenoxy) is 1. The zero-order valence-corrected chi connectivity index (χ0v) is 12.7. The minimum atomic E-state index is 0.0496. The number of hydrogen-bond acceptors (Lipinski definition) is 2. The quantitative estimate of drug-likeness (QED) is 0.886. The van der Waals surface area contributed by atoms with Gasteiger partial charge in [-0.3, -0.25) is 4.79 Å². The molecule has 0 saturated heterocycles. The Morgan fingerprint density at radius 1 is 1.32 bits per heavy atom. The van der Waals surface area contributed by atoms with Crippen molar-refractivity contribution in [2.75, 3.05) is 13.7 Å². The molecule has 1 rings (SSSR count). The van der Waals surface area contributed by atoms with Gasteiger partial charge in [0.05, 0.1) is 7.11 Å². The lowest BCUT2D eigenvalue weighted by molar-refractivity contribution is -0.120. The Morgan fingerprint density at radius 2 is 2.00 bits per heavy atom. The molecule has 0 spiro atoms. The maximum absolute atomic E-state index is 11.2. The molecule has 0 atom stereocenters. The molecular weight excluding hydrogens is 238 g/mol. The van der Waals surface area contributed by atoms with E-state index in [0.29, 0.717) is 13.0 Å². The van der Waals surface area contributed by atoms with Gasteiger partial charge in [-0.2, -0.15) is 0 Å². The van der Waals surface area contributed by atoms with Crippen LogP contribution < -0.4 is 10.1 Å². The van der Waals surface area contributed by atoms with E-state index in [4.69, 9.17) is 4.74 Å². The van der Waals surface area contributed by atoms with Crippen LogP contribution in [0.3, 0.4) is 0 Å². The molecule has 1 aromatic carbocycles. The summed E-state index contributed by atoms with van der Waals surface area (Å²) in [5.74, 6) is 1.03. The zero-order valence-electron chi connectivity index (χ0n) is 12.7. The van der Waals surface area contributed by atoms with E-state index in [0.717, 1.165) is 12.2 Å². The van der Waals surface area contributed by atoms with Gasteiger partial charge >= 0.3 is 0 Å².